The van der Waals surface area contributed by atoms with Crippen LogP contribution in [0.25, 0.3) is 0 Å². The Morgan fingerprint density at radius 1 is 1.00 bits per heavy atom. The van der Waals surface area contributed by atoms with Gasteiger partial charge in [0.15, 0.2) is 0 Å². The van der Waals surface area contributed by atoms with Gasteiger partial charge in [-0.25, -0.2) is 0 Å². The van der Waals surface area contributed by atoms with E-state index in [2.05, 4.69) is 0 Å². The highest BCUT2D eigenvalue weighted by Gasteiger charge is 2.39. The van der Waals surface area contributed by atoms with Crippen LogP contribution in [0.4, 0.5) is 0 Å². The SMILES string of the molecule is NC1CCCC(CC2CO2)C1CC1CO1. The predicted molar refractivity (Wildman–Crippen MR) is 57.5 cm³/mol. The largest absolute Gasteiger partial charge is 0.373 e. The zero-order valence-electron chi connectivity index (χ0n) is 9.23. The molecule has 2 aliphatic heterocycles. The molecule has 3 rings (SSSR count). The summed E-state index contributed by atoms with van der Waals surface area (Å²) in [5, 5.41) is 0. The Labute approximate surface area is 91.3 Å². The minimum Gasteiger partial charge on any atom is -0.373 e. The lowest BCUT2D eigenvalue weighted by molar-refractivity contribution is 0.158. The molecular weight excluding hydrogens is 190 g/mol. The highest BCUT2D eigenvalue weighted by atomic mass is 16.6. The van der Waals surface area contributed by atoms with E-state index in [1.54, 1.807) is 0 Å². The molecule has 0 amide bonds. The molecule has 5 unspecified atom stereocenters. The molecule has 15 heavy (non-hydrogen) atoms. The Morgan fingerprint density at radius 2 is 1.67 bits per heavy atom. The van der Waals surface area contributed by atoms with Gasteiger partial charge in [0.05, 0.1) is 25.4 Å². The third kappa shape index (κ3) is 2.52. The van der Waals surface area contributed by atoms with E-state index in [9.17, 15) is 0 Å². The minimum absolute atomic E-state index is 0.409. The number of rotatable bonds is 4. The van der Waals surface area contributed by atoms with Gasteiger partial charge in [0, 0.05) is 6.04 Å². The van der Waals surface area contributed by atoms with Crippen molar-refractivity contribution in [3.05, 3.63) is 0 Å². The van der Waals surface area contributed by atoms with Crippen LogP contribution in [0.2, 0.25) is 0 Å². The molecule has 0 aromatic rings. The maximum absolute atomic E-state index is 6.25. The first-order valence-electron chi connectivity index (χ1n) is 6.31. The average molecular weight is 211 g/mol. The number of ether oxygens (including phenoxy) is 2. The topological polar surface area (TPSA) is 51.1 Å². The first kappa shape index (κ1) is 10.1. The smallest absolute Gasteiger partial charge is 0.0813 e. The summed E-state index contributed by atoms with van der Waals surface area (Å²) in [6, 6.07) is 0.409. The third-order valence-electron chi connectivity index (χ3n) is 4.17. The van der Waals surface area contributed by atoms with E-state index < -0.39 is 0 Å². The van der Waals surface area contributed by atoms with Gasteiger partial charge in [-0.3, -0.25) is 0 Å². The van der Waals surface area contributed by atoms with E-state index in [1.807, 2.05) is 0 Å². The summed E-state index contributed by atoms with van der Waals surface area (Å²) in [6.45, 7) is 1.95. The monoisotopic (exact) mass is 211 g/mol. The van der Waals surface area contributed by atoms with Crippen molar-refractivity contribution in [2.75, 3.05) is 13.2 Å². The molecule has 0 bridgehead atoms. The summed E-state index contributed by atoms with van der Waals surface area (Å²) in [4.78, 5) is 0. The van der Waals surface area contributed by atoms with E-state index in [4.69, 9.17) is 15.2 Å². The van der Waals surface area contributed by atoms with Gasteiger partial charge in [-0.1, -0.05) is 6.42 Å². The second-order valence-corrected chi connectivity index (χ2v) is 5.40. The van der Waals surface area contributed by atoms with Gasteiger partial charge in [-0.05, 0) is 37.5 Å². The molecule has 5 atom stereocenters. The summed E-state index contributed by atoms with van der Waals surface area (Å²) >= 11 is 0. The fraction of sp³-hybridized carbons (Fsp3) is 1.00. The van der Waals surface area contributed by atoms with Crippen LogP contribution in [0, 0.1) is 11.8 Å². The van der Waals surface area contributed by atoms with Crippen molar-refractivity contribution in [2.24, 2.45) is 17.6 Å². The van der Waals surface area contributed by atoms with Crippen LogP contribution in [0.5, 0.6) is 0 Å². The standard InChI is InChI=1S/C12H21NO2/c13-12-3-1-2-8(4-9-6-14-9)11(12)5-10-7-15-10/h8-12H,1-7,13H2. The van der Waals surface area contributed by atoms with E-state index in [0.29, 0.717) is 24.2 Å². The van der Waals surface area contributed by atoms with E-state index >= 15 is 0 Å². The predicted octanol–water partition coefficient (Wildman–Crippen LogP) is 1.31. The van der Waals surface area contributed by atoms with Crippen LogP contribution in [0.3, 0.4) is 0 Å². The summed E-state index contributed by atoms with van der Waals surface area (Å²) in [6.07, 6.45) is 7.39. The summed E-state index contributed by atoms with van der Waals surface area (Å²) in [5.74, 6) is 1.49. The van der Waals surface area contributed by atoms with Crippen molar-refractivity contribution in [1.82, 2.24) is 0 Å². The number of hydrogen-bond donors (Lipinski definition) is 1. The van der Waals surface area contributed by atoms with Crippen LogP contribution in [-0.2, 0) is 9.47 Å². The van der Waals surface area contributed by atoms with Crippen LogP contribution in [-0.4, -0.2) is 31.5 Å². The maximum Gasteiger partial charge on any atom is 0.0813 e. The Kier molecular flexibility index (Phi) is 2.71. The molecule has 2 heterocycles. The van der Waals surface area contributed by atoms with Crippen molar-refractivity contribution in [3.8, 4) is 0 Å². The van der Waals surface area contributed by atoms with Crippen molar-refractivity contribution in [2.45, 2.75) is 50.4 Å². The summed E-state index contributed by atoms with van der Waals surface area (Å²) in [5.41, 5.74) is 6.25. The van der Waals surface area contributed by atoms with E-state index in [0.717, 1.165) is 19.1 Å². The molecule has 2 N–H and O–H groups in total. The van der Waals surface area contributed by atoms with Crippen LogP contribution < -0.4 is 5.73 Å². The van der Waals surface area contributed by atoms with Crippen molar-refractivity contribution in [1.29, 1.82) is 0 Å². The maximum atomic E-state index is 6.25. The Morgan fingerprint density at radius 3 is 2.33 bits per heavy atom. The molecule has 0 aromatic carbocycles. The molecule has 3 nitrogen and oxygen atoms in total. The minimum atomic E-state index is 0.409. The zero-order valence-corrected chi connectivity index (χ0v) is 9.23. The van der Waals surface area contributed by atoms with Crippen LogP contribution in [0.1, 0.15) is 32.1 Å². The second-order valence-electron chi connectivity index (χ2n) is 5.40. The van der Waals surface area contributed by atoms with Crippen molar-refractivity contribution >= 4 is 0 Å². The zero-order chi connectivity index (χ0) is 10.3. The average Bonchev–Trinajstić information content (AvgIpc) is 3.06. The number of hydrogen-bond acceptors (Lipinski definition) is 3. The number of epoxide rings is 2. The van der Waals surface area contributed by atoms with E-state index in [1.165, 1.54) is 32.1 Å². The first-order valence-corrected chi connectivity index (χ1v) is 6.31. The van der Waals surface area contributed by atoms with Gasteiger partial charge < -0.3 is 15.2 Å². The van der Waals surface area contributed by atoms with Gasteiger partial charge in [-0.2, -0.15) is 0 Å². The van der Waals surface area contributed by atoms with Crippen molar-refractivity contribution < 1.29 is 9.47 Å². The molecule has 0 aromatic heterocycles. The number of nitrogens with two attached hydrogens (primary N) is 1. The molecule has 3 heteroatoms. The van der Waals surface area contributed by atoms with Gasteiger partial charge in [-0.15, -0.1) is 0 Å². The third-order valence-corrected chi connectivity index (χ3v) is 4.17. The Bertz CT molecular complexity index is 226. The fourth-order valence-electron chi connectivity index (χ4n) is 3.10. The molecule has 3 aliphatic rings. The molecule has 1 saturated carbocycles. The quantitative estimate of drug-likeness (QED) is 0.713. The lowest BCUT2D eigenvalue weighted by atomic mass is 9.72. The fourth-order valence-corrected chi connectivity index (χ4v) is 3.10. The molecule has 86 valence electrons. The summed E-state index contributed by atoms with van der Waals surface area (Å²) in [7, 11) is 0. The molecule has 1 aliphatic carbocycles. The molecule has 3 fully saturated rings. The summed E-state index contributed by atoms with van der Waals surface area (Å²) < 4.78 is 10.7. The molecule has 2 saturated heterocycles. The van der Waals surface area contributed by atoms with Gasteiger partial charge in [0.25, 0.3) is 0 Å². The van der Waals surface area contributed by atoms with Crippen molar-refractivity contribution in [3.63, 3.8) is 0 Å². The highest BCUT2D eigenvalue weighted by Crippen LogP contribution is 2.39. The van der Waals surface area contributed by atoms with Crippen LogP contribution in [0.15, 0.2) is 0 Å². The Balaban J connectivity index is 1.59. The van der Waals surface area contributed by atoms with Gasteiger partial charge in [0.2, 0.25) is 0 Å². The lowest BCUT2D eigenvalue weighted by Gasteiger charge is -2.36. The van der Waals surface area contributed by atoms with Gasteiger partial charge in [0.1, 0.15) is 0 Å². The molecular formula is C12H21NO2. The first-order chi connectivity index (χ1) is 7.33. The second kappa shape index (κ2) is 4.04. The lowest BCUT2D eigenvalue weighted by Crippen LogP contribution is -2.40. The Hall–Kier alpha value is -0.120. The van der Waals surface area contributed by atoms with Crippen LogP contribution >= 0.6 is 0 Å². The molecule has 0 radical (unpaired) electrons. The van der Waals surface area contributed by atoms with E-state index in [-0.39, 0.29) is 0 Å². The molecule has 0 spiro atoms. The normalized spacial score (nSPS) is 49.0. The van der Waals surface area contributed by atoms with Gasteiger partial charge >= 0.3 is 0 Å². The highest BCUT2D eigenvalue weighted by molar-refractivity contribution is 4.90.